The largest absolute Gasteiger partial charge is 0.492 e. The van der Waals surface area contributed by atoms with Crippen LogP contribution in [0.25, 0.3) is 21.5 Å². The zero-order valence-corrected chi connectivity index (χ0v) is 20.8. The summed E-state index contributed by atoms with van der Waals surface area (Å²) in [6.45, 7) is 5.99. The van der Waals surface area contributed by atoms with E-state index in [0.29, 0.717) is 13.2 Å². The van der Waals surface area contributed by atoms with E-state index in [9.17, 15) is 0 Å². The van der Waals surface area contributed by atoms with Crippen molar-refractivity contribution < 1.29 is 19.7 Å². The molecular formula is C30H40O4. The zero-order valence-electron chi connectivity index (χ0n) is 20.8. The van der Waals surface area contributed by atoms with Gasteiger partial charge in [-0.25, -0.2) is 0 Å². The molecule has 0 saturated heterocycles. The summed E-state index contributed by atoms with van der Waals surface area (Å²) in [7, 11) is 0. The van der Waals surface area contributed by atoms with E-state index in [-0.39, 0.29) is 13.2 Å². The third-order valence-electron chi connectivity index (χ3n) is 6.07. The lowest BCUT2D eigenvalue weighted by molar-refractivity contribution is 0.266. The van der Waals surface area contributed by atoms with Crippen molar-refractivity contribution in [3.8, 4) is 11.5 Å². The molecule has 184 valence electrons. The molecule has 34 heavy (non-hydrogen) atoms. The van der Waals surface area contributed by atoms with E-state index in [2.05, 4.69) is 56.3 Å². The lowest BCUT2D eigenvalue weighted by Gasteiger charge is -2.19. The number of aliphatic hydroxyl groups excluding tert-OH is 2. The SMILES string of the molecule is CC(C)=CCCc1ccc2c(OCCCCCO)c3ccccc3c(OCCCCCO)c2c1. The highest BCUT2D eigenvalue weighted by Gasteiger charge is 2.16. The second-order valence-corrected chi connectivity index (χ2v) is 9.17. The number of ether oxygens (including phenoxy) is 2. The van der Waals surface area contributed by atoms with Gasteiger partial charge in [-0.2, -0.15) is 0 Å². The molecule has 0 aliphatic rings. The van der Waals surface area contributed by atoms with Gasteiger partial charge in [0.2, 0.25) is 0 Å². The number of benzene rings is 3. The predicted molar refractivity (Wildman–Crippen MR) is 142 cm³/mol. The van der Waals surface area contributed by atoms with E-state index >= 15 is 0 Å². The van der Waals surface area contributed by atoms with Gasteiger partial charge in [-0.15, -0.1) is 0 Å². The van der Waals surface area contributed by atoms with Crippen LogP contribution < -0.4 is 9.47 Å². The molecule has 2 N–H and O–H groups in total. The molecule has 3 rings (SSSR count). The Morgan fingerprint density at radius 2 is 1.26 bits per heavy atom. The summed E-state index contributed by atoms with van der Waals surface area (Å²) in [4.78, 5) is 0. The first-order valence-electron chi connectivity index (χ1n) is 12.7. The normalized spacial score (nSPS) is 11.2. The van der Waals surface area contributed by atoms with Crippen LogP contribution in [0.3, 0.4) is 0 Å². The molecule has 0 aliphatic heterocycles. The molecule has 0 bridgehead atoms. The summed E-state index contributed by atoms with van der Waals surface area (Å²) in [5.74, 6) is 1.84. The molecule has 0 heterocycles. The van der Waals surface area contributed by atoms with Gasteiger partial charge in [-0.1, -0.05) is 48.0 Å². The smallest absolute Gasteiger partial charge is 0.135 e. The Hall–Kier alpha value is -2.56. The van der Waals surface area contributed by atoms with Crippen LogP contribution in [0, 0.1) is 0 Å². The van der Waals surface area contributed by atoms with Crippen LogP contribution in [-0.2, 0) is 6.42 Å². The van der Waals surface area contributed by atoms with Crippen LogP contribution in [0.5, 0.6) is 11.5 Å². The van der Waals surface area contributed by atoms with E-state index < -0.39 is 0 Å². The molecule has 0 unspecified atom stereocenters. The maximum atomic E-state index is 9.08. The fourth-order valence-electron chi connectivity index (χ4n) is 4.27. The van der Waals surface area contributed by atoms with Crippen molar-refractivity contribution >= 4 is 21.5 Å². The summed E-state index contributed by atoms with van der Waals surface area (Å²) in [6, 6.07) is 15.0. The molecule has 3 aromatic carbocycles. The van der Waals surface area contributed by atoms with Crippen LogP contribution in [0.1, 0.15) is 64.4 Å². The van der Waals surface area contributed by atoms with Crippen molar-refractivity contribution in [2.24, 2.45) is 0 Å². The van der Waals surface area contributed by atoms with Crippen molar-refractivity contribution in [2.45, 2.75) is 65.2 Å². The second-order valence-electron chi connectivity index (χ2n) is 9.17. The monoisotopic (exact) mass is 464 g/mol. The molecule has 3 aromatic rings. The van der Waals surface area contributed by atoms with Crippen LogP contribution in [0.15, 0.2) is 54.1 Å². The molecule has 0 aromatic heterocycles. The molecule has 0 atom stereocenters. The Kier molecular flexibility index (Phi) is 10.7. The highest BCUT2D eigenvalue weighted by molar-refractivity contribution is 6.11. The zero-order chi connectivity index (χ0) is 24.2. The number of aryl methyl sites for hydroxylation is 1. The number of aliphatic hydroxyl groups is 2. The fraction of sp³-hybridized carbons (Fsp3) is 0.467. The first kappa shape index (κ1) is 26.1. The number of unbranched alkanes of at least 4 members (excludes halogenated alkanes) is 4. The minimum absolute atomic E-state index is 0.227. The third kappa shape index (κ3) is 7.22. The first-order chi connectivity index (χ1) is 16.7. The number of hydrogen-bond donors (Lipinski definition) is 2. The van der Waals surface area contributed by atoms with Crippen LogP contribution in [-0.4, -0.2) is 36.6 Å². The number of rotatable bonds is 15. The summed E-state index contributed by atoms with van der Waals surface area (Å²) in [6.07, 6.45) is 9.65. The van der Waals surface area contributed by atoms with Crippen LogP contribution >= 0.6 is 0 Å². The number of hydrogen-bond acceptors (Lipinski definition) is 4. The van der Waals surface area contributed by atoms with Gasteiger partial charge >= 0.3 is 0 Å². The summed E-state index contributed by atoms with van der Waals surface area (Å²) < 4.78 is 12.8. The average molecular weight is 465 g/mol. The molecule has 0 aliphatic carbocycles. The Morgan fingerprint density at radius 1 is 0.706 bits per heavy atom. The lowest BCUT2D eigenvalue weighted by Crippen LogP contribution is -2.03. The molecule has 0 saturated carbocycles. The highest BCUT2D eigenvalue weighted by atomic mass is 16.5. The van der Waals surface area contributed by atoms with Gasteiger partial charge in [0.25, 0.3) is 0 Å². The maximum Gasteiger partial charge on any atom is 0.135 e. The van der Waals surface area contributed by atoms with Gasteiger partial charge in [-0.3, -0.25) is 0 Å². The Balaban J connectivity index is 2.00. The minimum Gasteiger partial charge on any atom is -0.492 e. The summed E-state index contributed by atoms with van der Waals surface area (Å²) in [5.41, 5.74) is 2.63. The van der Waals surface area contributed by atoms with Crippen molar-refractivity contribution in [2.75, 3.05) is 26.4 Å². The van der Waals surface area contributed by atoms with Crippen molar-refractivity contribution in [3.63, 3.8) is 0 Å². The Morgan fingerprint density at radius 3 is 1.82 bits per heavy atom. The molecular weight excluding hydrogens is 424 g/mol. The Labute approximate surface area is 204 Å². The molecule has 0 fully saturated rings. The molecule has 4 heteroatoms. The quantitative estimate of drug-likeness (QED) is 0.145. The number of allylic oxidation sites excluding steroid dienone is 2. The second kappa shape index (κ2) is 14.0. The molecule has 0 spiro atoms. The Bertz CT molecular complexity index is 1070. The molecule has 4 nitrogen and oxygen atoms in total. The predicted octanol–water partition coefficient (Wildman–Crippen LogP) is 6.97. The standard InChI is InChI=1S/C30H40O4/c1-23(2)12-11-13-24-16-17-27-28(22-24)30(34-21-10-4-8-19-32)26-15-6-5-14-25(26)29(27)33-20-9-3-7-18-31/h5-6,12,14-17,22,31-32H,3-4,7-11,13,18-21H2,1-2H3. The highest BCUT2D eigenvalue weighted by Crippen LogP contribution is 2.43. The van der Waals surface area contributed by atoms with E-state index in [1.165, 1.54) is 11.1 Å². The van der Waals surface area contributed by atoms with Gasteiger partial charge < -0.3 is 19.7 Å². The fourth-order valence-corrected chi connectivity index (χ4v) is 4.27. The van der Waals surface area contributed by atoms with Crippen molar-refractivity contribution in [1.29, 1.82) is 0 Å². The van der Waals surface area contributed by atoms with Crippen LogP contribution in [0.2, 0.25) is 0 Å². The third-order valence-corrected chi connectivity index (χ3v) is 6.07. The summed E-state index contributed by atoms with van der Waals surface area (Å²) in [5, 5.41) is 22.5. The minimum atomic E-state index is 0.227. The number of fused-ring (bicyclic) bond motifs is 2. The summed E-state index contributed by atoms with van der Waals surface area (Å²) >= 11 is 0. The van der Waals surface area contributed by atoms with Crippen molar-refractivity contribution in [3.05, 3.63) is 59.7 Å². The lowest BCUT2D eigenvalue weighted by atomic mass is 9.97. The van der Waals surface area contributed by atoms with Crippen molar-refractivity contribution in [1.82, 2.24) is 0 Å². The maximum absolute atomic E-state index is 9.08. The van der Waals surface area contributed by atoms with Gasteiger partial charge in [0, 0.05) is 34.8 Å². The van der Waals surface area contributed by atoms with E-state index in [4.69, 9.17) is 19.7 Å². The van der Waals surface area contributed by atoms with Gasteiger partial charge in [0.15, 0.2) is 0 Å². The molecule has 0 amide bonds. The van der Waals surface area contributed by atoms with E-state index in [0.717, 1.165) is 84.4 Å². The van der Waals surface area contributed by atoms with Gasteiger partial charge in [0.1, 0.15) is 11.5 Å². The van der Waals surface area contributed by atoms with Gasteiger partial charge in [-0.05, 0) is 76.8 Å². The van der Waals surface area contributed by atoms with Crippen LogP contribution in [0.4, 0.5) is 0 Å². The average Bonchev–Trinajstić information content (AvgIpc) is 2.84. The topological polar surface area (TPSA) is 58.9 Å². The first-order valence-corrected chi connectivity index (χ1v) is 12.7. The van der Waals surface area contributed by atoms with E-state index in [1.54, 1.807) is 0 Å². The van der Waals surface area contributed by atoms with E-state index in [1.807, 2.05) is 6.07 Å². The van der Waals surface area contributed by atoms with Gasteiger partial charge in [0.05, 0.1) is 13.2 Å². The molecule has 0 radical (unpaired) electrons.